The molecule has 26 heavy (non-hydrogen) atoms. The molecule has 0 bridgehead atoms. The van der Waals surface area contributed by atoms with Crippen molar-refractivity contribution in [1.82, 2.24) is 15.4 Å². The third-order valence-electron chi connectivity index (χ3n) is 4.10. The molecule has 2 N–H and O–H groups in total. The zero-order valence-corrected chi connectivity index (χ0v) is 15.5. The second-order valence-corrected chi connectivity index (χ2v) is 7.23. The molecule has 134 valence electrons. The Labute approximate surface area is 155 Å². The number of carbonyl (C=O) groups excluding carboxylic acids is 1. The molecule has 0 radical (unpaired) electrons. The first kappa shape index (κ1) is 18.0. The highest BCUT2D eigenvalue weighted by atomic mass is 32.1. The van der Waals surface area contributed by atoms with Gasteiger partial charge in [-0.15, -0.1) is 11.3 Å². The summed E-state index contributed by atoms with van der Waals surface area (Å²) in [5.74, 6) is 0.0363. The lowest BCUT2D eigenvalue weighted by molar-refractivity contribution is -0.120. The standard InChI is InChI=1S/C19H20N4O2S/c1-12-13(2)26-19-17(12)18(25)21-15(22-19)11-16(24)23-20-10-6-9-14-7-4-3-5-8-14/h3-5,7-8,10H,6,9,11H2,1-2H3,(H,23,24)(H,21,22,25)/b20-10-. The molecule has 2 heterocycles. The summed E-state index contributed by atoms with van der Waals surface area (Å²) in [6.45, 7) is 3.86. The zero-order chi connectivity index (χ0) is 18.5. The van der Waals surface area contributed by atoms with Gasteiger partial charge in [0.15, 0.2) is 0 Å². The predicted octanol–water partition coefficient (Wildman–Crippen LogP) is 2.88. The zero-order valence-electron chi connectivity index (χ0n) is 14.7. The molecule has 7 heteroatoms. The normalized spacial score (nSPS) is 11.3. The molecule has 1 amide bonds. The number of aromatic nitrogens is 2. The van der Waals surface area contributed by atoms with Gasteiger partial charge in [-0.05, 0) is 37.8 Å². The fourth-order valence-electron chi connectivity index (χ4n) is 2.63. The van der Waals surface area contributed by atoms with Crippen LogP contribution < -0.4 is 11.0 Å². The van der Waals surface area contributed by atoms with Gasteiger partial charge in [0.05, 0.1) is 11.8 Å². The van der Waals surface area contributed by atoms with Crippen LogP contribution in [0.15, 0.2) is 40.2 Å². The molecule has 0 saturated carbocycles. The summed E-state index contributed by atoms with van der Waals surface area (Å²) in [6, 6.07) is 10.1. The van der Waals surface area contributed by atoms with Crippen LogP contribution in [0.25, 0.3) is 10.2 Å². The molecule has 1 aromatic carbocycles. The largest absolute Gasteiger partial charge is 0.309 e. The Morgan fingerprint density at radius 2 is 2.08 bits per heavy atom. The quantitative estimate of drug-likeness (QED) is 0.518. The highest BCUT2D eigenvalue weighted by molar-refractivity contribution is 7.18. The maximum Gasteiger partial charge on any atom is 0.259 e. The number of H-pyrrole nitrogens is 1. The number of fused-ring (bicyclic) bond motifs is 1. The number of benzene rings is 1. The number of hydrazone groups is 1. The van der Waals surface area contributed by atoms with E-state index in [9.17, 15) is 9.59 Å². The minimum absolute atomic E-state index is 0.0167. The number of rotatable bonds is 6. The Morgan fingerprint density at radius 3 is 2.85 bits per heavy atom. The molecule has 0 aliphatic carbocycles. The van der Waals surface area contributed by atoms with E-state index in [2.05, 4.69) is 32.6 Å². The summed E-state index contributed by atoms with van der Waals surface area (Å²) in [7, 11) is 0. The lowest BCUT2D eigenvalue weighted by atomic mass is 10.1. The lowest BCUT2D eigenvalue weighted by Gasteiger charge is -2.01. The van der Waals surface area contributed by atoms with Gasteiger partial charge in [-0.2, -0.15) is 5.10 Å². The van der Waals surface area contributed by atoms with Gasteiger partial charge in [-0.3, -0.25) is 9.59 Å². The van der Waals surface area contributed by atoms with Gasteiger partial charge in [0.2, 0.25) is 5.91 Å². The second kappa shape index (κ2) is 8.05. The molecule has 0 aliphatic heterocycles. The Hall–Kier alpha value is -2.80. The van der Waals surface area contributed by atoms with E-state index in [-0.39, 0.29) is 17.9 Å². The van der Waals surface area contributed by atoms with E-state index in [4.69, 9.17) is 0 Å². The Kier molecular flexibility index (Phi) is 5.58. The molecular weight excluding hydrogens is 348 g/mol. The number of nitrogens with zero attached hydrogens (tertiary/aromatic N) is 2. The number of thiophene rings is 1. The first-order valence-electron chi connectivity index (χ1n) is 8.38. The van der Waals surface area contributed by atoms with Gasteiger partial charge in [-0.1, -0.05) is 30.3 Å². The fourth-order valence-corrected chi connectivity index (χ4v) is 3.68. The Bertz CT molecular complexity index is 1010. The molecule has 0 unspecified atom stereocenters. The van der Waals surface area contributed by atoms with Gasteiger partial charge in [0.1, 0.15) is 10.7 Å². The van der Waals surface area contributed by atoms with Crippen molar-refractivity contribution in [1.29, 1.82) is 0 Å². The summed E-state index contributed by atoms with van der Waals surface area (Å²) in [5.41, 5.74) is 4.44. The second-order valence-electron chi connectivity index (χ2n) is 6.02. The van der Waals surface area contributed by atoms with E-state index in [0.717, 1.165) is 23.3 Å². The smallest absolute Gasteiger partial charge is 0.259 e. The van der Waals surface area contributed by atoms with Crippen molar-refractivity contribution in [3.05, 3.63) is 62.5 Å². The maximum atomic E-state index is 12.2. The van der Waals surface area contributed by atoms with Crippen molar-refractivity contribution in [2.45, 2.75) is 33.1 Å². The first-order chi connectivity index (χ1) is 12.5. The molecule has 3 rings (SSSR count). The topological polar surface area (TPSA) is 87.2 Å². The molecule has 0 atom stereocenters. The summed E-state index contributed by atoms with van der Waals surface area (Å²) in [4.78, 5) is 33.0. The number of hydrogen-bond acceptors (Lipinski definition) is 5. The summed E-state index contributed by atoms with van der Waals surface area (Å²) in [6.07, 6.45) is 3.26. The van der Waals surface area contributed by atoms with Crippen molar-refractivity contribution in [3.8, 4) is 0 Å². The third-order valence-corrected chi connectivity index (χ3v) is 5.20. The van der Waals surface area contributed by atoms with E-state index in [0.29, 0.717) is 16.0 Å². The van der Waals surface area contributed by atoms with Crippen LogP contribution in [0.1, 0.15) is 28.2 Å². The molecule has 0 spiro atoms. The Balaban J connectivity index is 1.55. The van der Waals surface area contributed by atoms with Gasteiger partial charge in [0.25, 0.3) is 5.56 Å². The summed E-state index contributed by atoms with van der Waals surface area (Å²) < 4.78 is 0. The van der Waals surface area contributed by atoms with Crippen molar-refractivity contribution in [2.24, 2.45) is 5.10 Å². The van der Waals surface area contributed by atoms with Crippen LogP contribution in [0.4, 0.5) is 0 Å². The Morgan fingerprint density at radius 1 is 1.31 bits per heavy atom. The lowest BCUT2D eigenvalue weighted by Crippen LogP contribution is -2.23. The van der Waals surface area contributed by atoms with Crippen molar-refractivity contribution < 1.29 is 4.79 Å². The fraction of sp³-hybridized carbons (Fsp3) is 0.263. The average Bonchev–Trinajstić information content (AvgIpc) is 2.90. The minimum Gasteiger partial charge on any atom is -0.309 e. The molecule has 6 nitrogen and oxygen atoms in total. The van der Waals surface area contributed by atoms with E-state index in [1.54, 1.807) is 6.21 Å². The van der Waals surface area contributed by atoms with Gasteiger partial charge < -0.3 is 4.98 Å². The van der Waals surface area contributed by atoms with Crippen molar-refractivity contribution in [3.63, 3.8) is 0 Å². The van der Waals surface area contributed by atoms with E-state index in [1.165, 1.54) is 16.9 Å². The highest BCUT2D eigenvalue weighted by Crippen LogP contribution is 2.25. The van der Waals surface area contributed by atoms with Crippen LogP contribution in [0.5, 0.6) is 0 Å². The number of carbonyl (C=O) groups is 1. The van der Waals surface area contributed by atoms with Crippen molar-refractivity contribution in [2.75, 3.05) is 0 Å². The number of hydrogen-bond donors (Lipinski definition) is 2. The first-order valence-corrected chi connectivity index (χ1v) is 9.19. The maximum absolute atomic E-state index is 12.2. The molecule has 0 fully saturated rings. The summed E-state index contributed by atoms with van der Waals surface area (Å²) in [5, 5.41) is 4.55. The van der Waals surface area contributed by atoms with Gasteiger partial charge >= 0.3 is 0 Å². The minimum atomic E-state index is -0.312. The summed E-state index contributed by atoms with van der Waals surface area (Å²) >= 11 is 1.46. The molecular formula is C19H20N4O2S. The third kappa shape index (κ3) is 4.23. The van der Waals surface area contributed by atoms with Crippen LogP contribution in [0, 0.1) is 13.8 Å². The van der Waals surface area contributed by atoms with Crippen LogP contribution >= 0.6 is 11.3 Å². The SMILES string of the molecule is Cc1sc2nc(CC(=O)N/N=C\CCc3ccccc3)[nH]c(=O)c2c1C. The molecule has 3 aromatic rings. The number of nitrogens with one attached hydrogen (secondary N) is 2. The van der Waals surface area contributed by atoms with Crippen LogP contribution in [-0.4, -0.2) is 22.1 Å². The molecule has 2 aromatic heterocycles. The van der Waals surface area contributed by atoms with E-state index in [1.807, 2.05) is 32.0 Å². The number of amides is 1. The van der Waals surface area contributed by atoms with Crippen LogP contribution in [0.3, 0.4) is 0 Å². The average molecular weight is 368 g/mol. The molecule has 0 aliphatic rings. The predicted molar refractivity (Wildman–Crippen MR) is 105 cm³/mol. The van der Waals surface area contributed by atoms with Gasteiger partial charge in [0, 0.05) is 11.1 Å². The monoisotopic (exact) mass is 368 g/mol. The van der Waals surface area contributed by atoms with Crippen molar-refractivity contribution >= 4 is 33.7 Å². The highest BCUT2D eigenvalue weighted by Gasteiger charge is 2.13. The van der Waals surface area contributed by atoms with E-state index >= 15 is 0 Å². The van der Waals surface area contributed by atoms with Gasteiger partial charge in [-0.25, -0.2) is 10.4 Å². The van der Waals surface area contributed by atoms with Crippen LogP contribution in [-0.2, 0) is 17.6 Å². The van der Waals surface area contributed by atoms with Crippen LogP contribution in [0.2, 0.25) is 0 Å². The number of aryl methyl sites for hydroxylation is 3. The van der Waals surface area contributed by atoms with E-state index < -0.39 is 0 Å². The molecule has 0 saturated heterocycles. The number of aromatic amines is 1.